The molecular weight excluding hydrogens is 206 g/mol. The van der Waals surface area contributed by atoms with Crippen molar-refractivity contribution in [1.82, 2.24) is 5.32 Å². The van der Waals surface area contributed by atoms with Crippen molar-refractivity contribution >= 4 is 11.8 Å². The SMILES string of the molecule is Oc1ccc(CNC2CCCSC2)cc1. The van der Waals surface area contributed by atoms with E-state index < -0.39 is 0 Å². The predicted octanol–water partition coefficient (Wildman–Crippen LogP) is 2.38. The fourth-order valence-electron chi connectivity index (χ4n) is 1.78. The molecule has 1 unspecified atom stereocenters. The molecule has 1 aliphatic rings. The molecule has 3 heteroatoms. The summed E-state index contributed by atoms with van der Waals surface area (Å²) in [6, 6.07) is 8.09. The molecule has 1 atom stereocenters. The summed E-state index contributed by atoms with van der Waals surface area (Å²) in [5.74, 6) is 2.89. The van der Waals surface area contributed by atoms with Gasteiger partial charge in [-0.15, -0.1) is 0 Å². The largest absolute Gasteiger partial charge is 0.508 e. The van der Waals surface area contributed by atoms with Gasteiger partial charge in [-0.05, 0) is 36.3 Å². The molecule has 82 valence electrons. The summed E-state index contributed by atoms with van der Waals surface area (Å²) in [6.45, 7) is 0.908. The van der Waals surface area contributed by atoms with Gasteiger partial charge in [-0.1, -0.05) is 12.1 Å². The van der Waals surface area contributed by atoms with Crippen molar-refractivity contribution < 1.29 is 5.11 Å². The molecule has 1 aromatic carbocycles. The van der Waals surface area contributed by atoms with Crippen molar-refractivity contribution in [3.8, 4) is 5.75 Å². The number of rotatable bonds is 3. The molecule has 0 bridgehead atoms. The molecule has 0 spiro atoms. The van der Waals surface area contributed by atoms with Gasteiger partial charge in [0.1, 0.15) is 5.75 Å². The molecule has 0 saturated carbocycles. The minimum absolute atomic E-state index is 0.340. The molecular formula is C12H17NOS. The molecule has 2 rings (SSSR count). The molecule has 1 saturated heterocycles. The van der Waals surface area contributed by atoms with Gasteiger partial charge in [0.2, 0.25) is 0 Å². The Morgan fingerprint density at radius 1 is 1.33 bits per heavy atom. The Balaban J connectivity index is 1.79. The van der Waals surface area contributed by atoms with E-state index in [4.69, 9.17) is 5.11 Å². The van der Waals surface area contributed by atoms with Crippen molar-refractivity contribution in [2.24, 2.45) is 0 Å². The molecule has 2 nitrogen and oxygen atoms in total. The zero-order valence-corrected chi connectivity index (χ0v) is 9.59. The zero-order chi connectivity index (χ0) is 10.5. The summed E-state index contributed by atoms with van der Waals surface area (Å²) in [4.78, 5) is 0. The normalized spacial score (nSPS) is 21.5. The minimum atomic E-state index is 0.340. The van der Waals surface area contributed by atoms with Gasteiger partial charge in [-0.3, -0.25) is 0 Å². The van der Waals surface area contributed by atoms with Gasteiger partial charge >= 0.3 is 0 Å². The second-order valence-corrected chi connectivity index (χ2v) is 5.11. The van der Waals surface area contributed by atoms with Crippen LogP contribution in [-0.2, 0) is 6.54 Å². The number of nitrogens with one attached hydrogen (secondary N) is 1. The molecule has 1 fully saturated rings. The molecule has 0 amide bonds. The second kappa shape index (κ2) is 5.42. The highest BCUT2D eigenvalue weighted by Crippen LogP contribution is 2.17. The maximum atomic E-state index is 9.15. The Labute approximate surface area is 95.1 Å². The highest BCUT2D eigenvalue weighted by Gasteiger charge is 2.12. The quantitative estimate of drug-likeness (QED) is 0.825. The van der Waals surface area contributed by atoms with Crippen LogP contribution in [-0.4, -0.2) is 22.7 Å². The van der Waals surface area contributed by atoms with Crippen LogP contribution < -0.4 is 5.32 Å². The lowest BCUT2D eigenvalue weighted by molar-refractivity contribution is 0.474. The summed E-state index contributed by atoms with van der Waals surface area (Å²) in [6.07, 6.45) is 2.63. The van der Waals surface area contributed by atoms with E-state index in [0.29, 0.717) is 11.8 Å². The fraction of sp³-hybridized carbons (Fsp3) is 0.500. The van der Waals surface area contributed by atoms with Crippen LogP contribution in [0.1, 0.15) is 18.4 Å². The third-order valence-corrected chi connectivity index (χ3v) is 3.91. The summed E-state index contributed by atoms with van der Waals surface area (Å²) >= 11 is 2.04. The predicted molar refractivity (Wildman–Crippen MR) is 65.3 cm³/mol. The van der Waals surface area contributed by atoms with E-state index in [1.807, 2.05) is 23.9 Å². The van der Waals surface area contributed by atoms with Crippen LogP contribution >= 0.6 is 11.8 Å². The number of thioether (sulfide) groups is 1. The van der Waals surface area contributed by atoms with E-state index in [-0.39, 0.29) is 0 Å². The Bertz CT molecular complexity index is 293. The lowest BCUT2D eigenvalue weighted by atomic mass is 10.1. The first kappa shape index (κ1) is 10.8. The molecule has 1 heterocycles. The van der Waals surface area contributed by atoms with Gasteiger partial charge in [0.15, 0.2) is 0 Å². The topological polar surface area (TPSA) is 32.3 Å². The summed E-state index contributed by atoms with van der Waals surface area (Å²) < 4.78 is 0. The lowest BCUT2D eigenvalue weighted by Crippen LogP contribution is -2.33. The smallest absolute Gasteiger partial charge is 0.115 e. The average Bonchev–Trinajstić information content (AvgIpc) is 2.30. The first-order valence-corrected chi connectivity index (χ1v) is 6.59. The number of hydrogen-bond acceptors (Lipinski definition) is 3. The Morgan fingerprint density at radius 3 is 2.80 bits per heavy atom. The Hall–Kier alpha value is -0.670. The van der Waals surface area contributed by atoms with Crippen molar-refractivity contribution in [1.29, 1.82) is 0 Å². The molecule has 1 aromatic rings. The van der Waals surface area contributed by atoms with Gasteiger partial charge in [-0.25, -0.2) is 0 Å². The number of phenols is 1. The van der Waals surface area contributed by atoms with Crippen molar-refractivity contribution in [3.63, 3.8) is 0 Å². The van der Waals surface area contributed by atoms with Gasteiger partial charge in [0.05, 0.1) is 0 Å². The fourth-order valence-corrected chi connectivity index (χ4v) is 2.88. The monoisotopic (exact) mass is 223 g/mol. The van der Waals surface area contributed by atoms with Crippen LogP contribution in [0, 0.1) is 0 Å². The van der Waals surface area contributed by atoms with Crippen molar-refractivity contribution in [2.45, 2.75) is 25.4 Å². The number of benzene rings is 1. The molecule has 15 heavy (non-hydrogen) atoms. The average molecular weight is 223 g/mol. The van der Waals surface area contributed by atoms with E-state index in [1.54, 1.807) is 12.1 Å². The van der Waals surface area contributed by atoms with Crippen LogP contribution in [0.2, 0.25) is 0 Å². The molecule has 0 aliphatic carbocycles. The number of phenolic OH excluding ortho intramolecular Hbond substituents is 1. The van der Waals surface area contributed by atoms with Crippen LogP contribution in [0.4, 0.5) is 0 Å². The number of hydrogen-bond donors (Lipinski definition) is 2. The van der Waals surface area contributed by atoms with Crippen LogP contribution in [0.5, 0.6) is 5.75 Å². The molecule has 0 radical (unpaired) electrons. The van der Waals surface area contributed by atoms with E-state index >= 15 is 0 Å². The molecule has 1 aliphatic heterocycles. The van der Waals surface area contributed by atoms with Crippen molar-refractivity contribution in [2.75, 3.05) is 11.5 Å². The third-order valence-electron chi connectivity index (χ3n) is 2.69. The summed E-state index contributed by atoms with van der Waals surface area (Å²) in [5, 5.41) is 12.7. The third kappa shape index (κ3) is 3.43. The standard InChI is InChI=1S/C12H17NOS/c14-12-5-3-10(4-6-12)8-13-11-2-1-7-15-9-11/h3-6,11,13-14H,1-2,7-9H2. The van der Waals surface area contributed by atoms with Gasteiger partial charge in [0, 0.05) is 18.3 Å². The summed E-state index contributed by atoms with van der Waals surface area (Å²) in [7, 11) is 0. The molecule has 0 aromatic heterocycles. The van der Waals surface area contributed by atoms with Crippen molar-refractivity contribution in [3.05, 3.63) is 29.8 Å². The Kier molecular flexibility index (Phi) is 3.92. The van der Waals surface area contributed by atoms with E-state index in [1.165, 1.54) is 29.9 Å². The van der Waals surface area contributed by atoms with Gasteiger partial charge < -0.3 is 10.4 Å². The zero-order valence-electron chi connectivity index (χ0n) is 8.78. The van der Waals surface area contributed by atoms with E-state index in [2.05, 4.69) is 5.32 Å². The highest BCUT2D eigenvalue weighted by atomic mass is 32.2. The van der Waals surface area contributed by atoms with Crippen LogP contribution in [0.15, 0.2) is 24.3 Å². The summed E-state index contributed by atoms with van der Waals surface area (Å²) in [5.41, 5.74) is 1.24. The second-order valence-electron chi connectivity index (χ2n) is 3.96. The van der Waals surface area contributed by atoms with Crippen LogP contribution in [0.3, 0.4) is 0 Å². The van der Waals surface area contributed by atoms with E-state index in [0.717, 1.165) is 6.54 Å². The van der Waals surface area contributed by atoms with Gasteiger partial charge in [-0.2, -0.15) is 11.8 Å². The first-order chi connectivity index (χ1) is 7.34. The first-order valence-electron chi connectivity index (χ1n) is 5.43. The maximum Gasteiger partial charge on any atom is 0.115 e. The minimum Gasteiger partial charge on any atom is -0.508 e. The van der Waals surface area contributed by atoms with E-state index in [9.17, 15) is 0 Å². The van der Waals surface area contributed by atoms with Gasteiger partial charge in [0.25, 0.3) is 0 Å². The highest BCUT2D eigenvalue weighted by molar-refractivity contribution is 7.99. The maximum absolute atomic E-state index is 9.15. The Morgan fingerprint density at radius 2 is 2.13 bits per heavy atom. The molecule has 2 N–H and O–H groups in total. The van der Waals surface area contributed by atoms with Crippen LogP contribution in [0.25, 0.3) is 0 Å². The lowest BCUT2D eigenvalue weighted by Gasteiger charge is -2.22. The number of aromatic hydroxyl groups is 1.